The van der Waals surface area contributed by atoms with Crippen LogP contribution in [0.4, 0.5) is 0 Å². The second-order valence-corrected chi connectivity index (χ2v) is 6.91. The molecule has 2 aliphatic heterocycles. The number of hydrogen-bond donors (Lipinski definition) is 1. The van der Waals surface area contributed by atoms with Crippen molar-refractivity contribution in [2.24, 2.45) is 0 Å². The Bertz CT molecular complexity index is 518. The minimum absolute atomic E-state index is 0.0178. The molecule has 1 N–H and O–H groups in total. The smallest absolute Gasteiger partial charge is 0.318 e. The van der Waals surface area contributed by atoms with Crippen LogP contribution in [0.25, 0.3) is 0 Å². The normalized spacial score (nSPS) is 30.8. The Hall–Kier alpha value is -1.39. The number of fused-ring (bicyclic) bond motifs is 2. The maximum atomic E-state index is 12.7. The summed E-state index contributed by atoms with van der Waals surface area (Å²) in [6.07, 6.45) is 4.20. The lowest BCUT2D eigenvalue weighted by atomic mass is 9.83. The van der Waals surface area contributed by atoms with Crippen LogP contribution in [0.3, 0.4) is 0 Å². The van der Waals surface area contributed by atoms with Gasteiger partial charge in [-0.2, -0.15) is 0 Å². The van der Waals surface area contributed by atoms with Crippen LogP contribution >= 0.6 is 0 Å². The highest BCUT2D eigenvalue weighted by Crippen LogP contribution is 2.36. The van der Waals surface area contributed by atoms with E-state index in [9.17, 15) is 9.90 Å². The Morgan fingerprint density at radius 1 is 1.27 bits per heavy atom. The highest BCUT2D eigenvalue weighted by Gasteiger charge is 2.43. The van der Waals surface area contributed by atoms with Gasteiger partial charge in [0, 0.05) is 12.1 Å². The van der Waals surface area contributed by atoms with Crippen molar-refractivity contribution in [2.45, 2.75) is 56.2 Å². The fraction of sp³-hybridized carbons (Fsp3) is 0.611. The molecule has 0 saturated carbocycles. The number of benzene rings is 1. The zero-order chi connectivity index (χ0) is 15.7. The molecule has 2 fully saturated rings. The first-order valence-corrected chi connectivity index (χ1v) is 8.14. The first-order valence-electron chi connectivity index (χ1n) is 8.14. The number of piperidine rings is 1. The predicted molar refractivity (Wildman–Crippen MR) is 84.6 cm³/mol. The van der Waals surface area contributed by atoms with Gasteiger partial charge in [-0.05, 0) is 45.2 Å². The number of rotatable bonds is 4. The topological polar surface area (TPSA) is 49.8 Å². The number of carbonyl (C=O) groups is 1. The quantitative estimate of drug-likeness (QED) is 0.866. The van der Waals surface area contributed by atoms with E-state index >= 15 is 0 Å². The van der Waals surface area contributed by atoms with E-state index in [4.69, 9.17) is 4.74 Å². The van der Waals surface area contributed by atoms with E-state index in [1.54, 1.807) is 6.92 Å². The van der Waals surface area contributed by atoms with Crippen LogP contribution in [0, 0.1) is 0 Å². The van der Waals surface area contributed by atoms with Crippen LogP contribution in [0.5, 0.6) is 0 Å². The molecule has 2 heterocycles. The molecule has 3 rings (SSSR count). The lowest BCUT2D eigenvalue weighted by Crippen LogP contribution is -2.46. The van der Waals surface area contributed by atoms with Gasteiger partial charge >= 0.3 is 5.97 Å². The van der Waals surface area contributed by atoms with Gasteiger partial charge in [0.25, 0.3) is 0 Å². The van der Waals surface area contributed by atoms with Crippen molar-refractivity contribution in [1.29, 1.82) is 0 Å². The van der Waals surface area contributed by atoms with Gasteiger partial charge in [-0.25, -0.2) is 0 Å². The highest BCUT2D eigenvalue weighted by molar-refractivity contribution is 5.83. The first-order chi connectivity index (χ1) is 10.5. The van der Waals surface area contributed by atoms with Gasteiger partial charge < -0.3 is 14.7 Å². The summed E-state index contributed by atoms with van der Waals surface area (Å²) < 4.78 is 5.81. The van der Waals surface area contributed by atoms with E-state index < -0.39 is 5.41 Å². The van der Waals surface area contributed by atoms with Gasteiger partial charge in [-0.1, -0.05) is 30.3 Å². The summed E-state index contributed by atoms with van der Waals surface area (Å²) in [5.41, 5.74) is -0.178. The third kappa shape index (κ3) is 2.66. The van der Waals surface area contributed by atoms with E-state index in [-0.39, 0.29) is 18.7 Å². The Labute approximate surface area is 132 Å². The minimum Gasteiger partial charge on any atom is -0.462 e. The van der Waals surface area contributed by atoms with Gasteiger partial charge in [0.1, 0.15) is 11.5 Å². The number of carbonyl (C=O) groups excluding carboxylic acids is 1. The van der Waals surface area contributed by atoms with E-state index in [1.165, 1.54) is 12.8 Å². The van der Waals surface area contributed by atoms with Gasteiger partial charge in [-0.3, -0.25) is 4.79 Å². The molecule has 22 heavy (non-hydrogen) atoms. The van der Waals surface area contributed by atoms with E-state index in [0.29, 0.717) is 12.1 Å². The molecule has 4 nitrogen and oxygen atoms in total. The average molecular weight is 303 g/mol. The Morgan fingerprint density at radius 2 is 1.86 bits per heavy atom. The van der Waals surface area contributed by atoms with Crippen molar-refractivity contribution < 1.29 is 14.6 Å². The summed E-state index contributed by atoms with van der Waals surface area (Å²) in [7, 11) is 2.17. The maximum absolute atomic E-state index is 12.7. The van der Waals surface area contributed by atoms with Crippen molar-refractivity contribution >= 4 is 5.97 Å². The fourth-order valence-electron chi connectivity index (χ4n) is 3.82. The Morgan fingerprint density at radius 3 is 2.41 bits per heavy atom. The number of hydrogen-bond acceptors (Lipinski definition) is 4. The number of aliphatic hydroxyl groups is 1. The number of aliphatic hydroxyl groups excluding tert-OH is 1. The van der Waals surface area contributed by atoms with Crippen molar-refractivity contribution in [1.82, 2.24) is 4.90 Å². The van der Waals surface area contributed by atoms with E-state index in [0.717, 1.165) is 18.4 Å². The molecule has 1 unspecified atom stereocenters. The Kier molecular flexibility index (Phi) is 4.24. The summed E-state index contributed by atoms with van der Waals surface area (Å²) in [6.45, 7) is 1.52. The molecule has 0 radical (unpaired) electrons. The molecule has 4 heteroatoms. The molecule has 2 bridgehead atoms. The van der Waals surface area contributed by atoms with Crippen LogP contribution in [0.15, 0.2) is 30.3 Å². The zero-order valence-electron chi connectivity index (χ0n) is 13.4. The van der Waals surface area contributed by atoms with Crippen LogP contribution in [-0.4, -0.2) is 47.8 Å². The maximum Gasteiger partial charge on any atom is 0.318 e. The Balaban J connectivity index is 1.71. The third-order valence-corrected chi connectivity index (χ3v) is 5.51. The SMILES string of the molecule is CN1[C@@H]2CC[C@H]1CC(OC(=O)[C@](C)(CO)c1ccccc1)C2. The third-order valence-electron chi connectivity index (χ3n) is 5.51. The second-order valence-electron chi connectivity index (χ2n) is 6.91. The lowest BCUT2D eigenvalue weighted by molar-refractivity contribution is -0.160. The number of nitrogens with zero attached hydrogens (tertiary/aromatic N) is 1. The second kappa shape index (κ2) is 6.01. The van der Waals surface area contributed by atoms with Gasteiger partial charge in [0.15, 0.2) is 0 Å². The van der Waals surface area contributed by atoms with E-state index in [1.807, 2.05) is 30.3 Å². The summed E-state index contributed by atoms with van der Waals surface area (Å²) in [5.74, 6) is -0.310. The molecule has 120 valence electrons. The van der Waals surface area contributed by atoms with Crippen LogP contribution in [0.2, 0.25) is 0 Å². The molecular weight excluding hydrogens is 278 g/mol. The standard InChI is InChI=1S/C18H25NO3/c1-18(12-20,13-6-4-3-5-7-13)17(21)22-16-10-14-8-9-15(11-16)19(14)2/h3-7,14-16,20H,8-12H2,1-2H3/t14-,15+,16?,18-/m1/s1. The minimum atomic E-state index is -0.982. The predicted octanol–water partition coefficient (Wildman–Crippen LogP) is 2.10. The van der Waals surface area contributed by atoms with Gasteiger partial charge in [0.05, 0.1) is 6.61 Å². The molecule has 0 spiro atoms. The molecule has 0 aromatic heterocycles. The van der Waals surface area contributed by atoms with E-state index in [2.05, 4.69) is 11.9 Å². The van der Waals surface area contributed by atoms with Crippen LogP contribution in [0.1, 0.15) is 38.2 Å². The lowest BCUT2D eigenvalue weighted by Gasteiger charge is -2.37. The first kappa shape index (κ1) is 15.5. The van der Waals surface area contributed by atoms with Crippen molar-refractivity contribution in [3.8, 4) is 0 Å². The summed E-state index contributed by atoms with van der Waals surface area (Å²) in [5, 5.41) is 9.79. The molecule has 0 amide bonds. The molecule has 0 aliphatic carbocycles. The van der Waals surface area contributed by atoms with Crippen molar-refractivity contribution in [2.75, 3.05) is 13.7 Å². The zero-order valence-corrected chi connectivity index (χ0v) is 13.4. The molecule has 2 saturated heterocycles. The summed E-state index contributed by atoms with van der Waals surface area (Å²) >= 11 is 0. The number of esters is 1. The van der Waals surface area contributed by atoms with Crippen LogP contribution < -0.4 is 0 Å². The monoisotopic (exact) mass is 303 g/mol. The number of ether oxygens (including phenoxy) is 1. The summed E-state index contributed by atoms with van der Waals surface area (Å²) in [6, 6.07) is 10.5. The van der Waals surface area contributed by atoms with Crippen molar-refractivity contribution in [3.05, 3.63) is 35.9 Å². The molecule has 1 aromatic rings. The van der Waals surface area contributed by atoms with Gasteiger partial charge in [0.2, 0.25) is 0 Å². The highest BCUT2D eigenvalue weighted by atomic mass is 16.5. The van der Waals surface area contributed by atoms with Gasteiger partial charge in [-0.15, -0.1) is 0 Å². The van der Waals surface area contributed by atoms with Crippen molar-refractivity contribution in [3.63, 3.8) is 0 Å². The summed E-state index contributed by atoms with van der Waals surface area (Å²) in [4.78, 5) is 15.1. The van der Waals surface area contributed by atoms with Crippen LogP contribution in [-0.2, 0) is 14.9 Å². The fourth-order valence-corrected chi connectivity index (χ4v) is 3.82. The molecule has 4 atom stereocenters. The molecular formula is C18H25NO3. The largest absolute Gasteiger partial charge is 0.462 e. The molecule has 2 aliphatic rings. The molecule has 1 aromatic carbocycles. The average Bonchev–Trinajstić information content (AvgIpc) is 2.76.